The summed E-state index contributed by atoms with van der Waals surface area (Å²) in [6.45, 7) is 6.18. The summed E-state index contributed by atoms with van der Waals surface area (Å²) in [4.78, 5) is 37.0. The van der Waals surface area contributed by atoms with Crippen molar-refractivity contribution in [1.82, 2.24) is 15.2 Å². The zero-order valence-corrected chi connectivity index (χ0v) is 21.4. The molecule has 0 bridgehead atoms. The molecule has 2 aromatic heterocycles. The van der Waals surface area contributed by atoms with Crippen molar-refractivity contribution < 1.29 is 14.0 Å². The number of rotatable bonds is 6. The lowest BCUT2D eigenvalue weighted by atomic mass is 9.90. The summed E-state index contributed by atoms with van der Waals surface area (Å²) in [5.74, 6) is 0.704. The molecule has 7 heteroatoms. The van der Waals surface area contributed by atoms with E-state index in [2.05, 4.69) is 29.4 Å². The Kier molecular flexibility index (Phi) is 5.94. The molecular formula is C30H32N4O3. The van der Waals surface area contributed by atoms with Crippen LogP contribution in [0.1, 0.15) is 49.2 Å². The number of benzene rings is 1. The normalized spacial score (nSPS) is 22.4. The summed E-state index contributed by atoms with van der Waals surface area (Å²) in [6.07, 6.45) is 7.18. The van der Waals surface area contributed by atoms with Gasteiger partial charge in [0.15, 0.2) is 11.3 Å². The van der Waals surface area contributed by atoms with Gasteiger partial charge in [-0.1, -0.05) is 30.3 Å². The van der Waals surface area contributed by atoms with E-state index >= 15 is 0 Å². The molecule has 3 aromatic rings. The number of aliphatic imine (C=N–C) groups is 1. The monoisotopic (exact) mass is 496 g/mol. The van der Waals surface area contributed by atoms with Crippen molar-refractivity contribution in [2.24, 2.45) is 16.3 Å². The van der Waals surface area contributed by atoms with Crippen molar-refractivity contribution in [2.45, 2.75) is 45.6 Å². The lowest BCUT2D eigenvalue weighted by Gasteiger charge is -2.33. The fourth-order valence-electron chi connectivity index (χ4n) is 6.15. The maximum absolute atomic E-state index is 13.5. The second kappa shape index (κ2) is 9.29. The summed E-state index contributed by atoms with van der Waals surface area (Å²) in [7, 11) is 0. The van der Waals surface area contributed by atoms with E-state index < -0.39 is 0 Å². The molecule has 2 amide bonds. The van der Waals surface area contributed by atoms with Crippen LogP contribution >= 0.6 is 0 Å². The van der Waals surface area contributed by atoms with Crippen molar-refractivity contribution >= 4 is 28.5 Å². The van der Waals surface area contributed by atoms with Crippen LogP contribution in [0, 0.1) is 11.3 Å². The average Bonchev–Trinajstić information content (AvgIpc) is 3.25. The highest BCUT2D eigenvalue weighted by Gasteiger charge is 2.55. The molecule has 2 unspecified atom stereocenters. The van der Waals surface area contributed by atoms with Crippen LogP contribution in [0.3, 0.4) is 0 Å². The Morgan fingerprint density at radius 3 is 2.68 bits per heavy atom. The van der Waals surface area contributed by atoms with E-state index in [0.29, 0.717) is 23.8 Å². The standard InChI is InChI=1S/C30H32N4O3/c1-19-24(14-21-6-4-3-5-7-21)33-20(2)27(19)29(36)34-12-9-30(10-13-34)16-23(30)17-32-28(35)25-15-22-8-11-31-18-26(22)37-25/h3-8,11,15,18,23-24H,9-10,12-14,16-17H2,1-2H3,(H,32,35). The van der Waals surface area contributed by atoms with Gasteiger partial charge in [-0.15, -0.1) is 0 Å². The number of hydrogen-bond acceptors (Lipinski definition) is 5. The predicted octanol–water partition coefficient (Wildman–Crippen LogP) is 4.59. The van der Waals surface area contributed by atoms with Crippen LogP contribution in [0.2, 0.25) is 0 Å². The third kappa shape index (κ3) is 4.47. The Balaban J connectivity index is 1.03. The van der Waals surface area contributed by atoms with Gasteiger partial charge in [-0.05, 0) is 74.1 Å². The molecule has 6 rings (SSSR count). The molecule has 1 aliphatic carbocycles. The number of carbonyl (C=O) groups is 2. The number of carbonyl (C=O) groups excluding carboxylic acids is 2. The van der Waals surface area contributed by atoms with Gasteiger partial charge in [0.25, 0.3) is 11.8 Å². The first kappa shape index (κ1) is 23.6. The number of nitrogens with zero attached hydrogens (tertiary/aromatic N) is 3. The molecule has 3 aliphatic rings. The highest BCUT2D eigenvalue weighted by molar-refractivity contribution is 6.22. The highest BCUT2D eigenvalue weighted by atomic mass is 16.3. The molecule has 190 valence electrons. The van der Waals surface area contributed by atoms with Crippen LogP contribution in [0.25, 0.3) is 11.0 Å². The third-order valence-corrected chi connectivity index (χ3v) is 8.55. The van der Waals surface area contributed by atoms with Gasteiger partial charge < -0.3 is 14.6 Å². The van der Waals surface area contributed by atoms with Crippen molar-refractivity contribution in [2.75, 3.05) is 19.6 Å². The average molecular weight is 497 g/mol. The minimum Gasteiger partial charge on any atom is -0.449 e. The van der Waals surface area contributed by atoms with E-state index in [9.17, 15) is 9.59 Å². The molecule has 2 aliphatic heterocycles. The SMILES string of the molecule is CC1=NC(Cc2ccccc2)C(C)=C1C(=O)N1CCC2(CC1)CC2CNC(=O)c1cc2ccncc2o1. The Hall–Kier alpha value is -3.74. The first-order valence-corrected chi connectivity index (χ1v) is 13.1. The molecule has 7 nitrogen and oxygen atoms in total. The van der Waals surface area contributed by atoms with Crippen molar-refractivity contribution in [3.8, 4) is 0 Å². The molecule has 2 atom stereocenters. The second-order valence-corrected chi connectivity index (χ2v) is 10.8. The summed E-state index contributed by atoms with van der Waals surface area (Å²) < 4.78 is 5.63. The fourth-order valence-corrected chi connectivity index (χ4v) is 6.15. The molecule has 1 saturated heterocycles. The topological polar surface area (TPSA) is 87.8 Å². The van der Waals surface area contributed by atoms with Gasteiger partial charge in [0.2, 0.25) is 0 Å². The van der Waals surface area contributed by atoms with Crippen LogP contribution in [0.15, 0.2) is 75.4 Å². The molecule has 4 heterocycles. The van der Waals surface area contributed by atoms with Gasteiger partial charge in [-0.25, -0.2) is 0 Å². The number of aromatic nitrogens is 1. The van der Waals surface area contributed by atoms with E-state index in [1.807, 2.05) is 36.1 Å². The van der Waals surface area contributed by atoms with Gasteiger partial charge in [-0.2, -0.15) is 0 Å². The predicted molar refractivity (Wildman–Crippen MR) is 142 cm³/mol. The van der Waals surface area contributed by atoms with Gasteiger partial charge in [0.1, 0.15) is 0 Å². The van der Waals surface area contributed by atoms with Gasteiger partial charge in [0, 0.05) is 36.9 Å². The van der Waals surface area contributed by atoms with Crippen molar-refractivity contribution in [3.05, 3.63) is 77.3 Å². The maximum atomic E-state index is 13.5. The molecule has 1 spiro atoms. The van der Waals surface area contributed by atoms with Crippen LogP contribution < -0.4 is 5.32 Å². The van der Waals surface area contributed by atoms with Crippen molar-refractivity contribution in [1.29, 1.82) is 0 Å². The summed E-state index contributed by atoms with van der Waals surface area (Å²) in [5.41, 5.74) is 4.84. The number of furan rings is 1. The second-order valence-electron chi connectivity index (χ2n) is 10.8. The lowest BCUT2D eigenvalue weighted by Crippen LogP contribution is -2.41. The van der Waals surface area contributed by atoms with Crippen LogP contribution in [-0.2, 0) is 11.2 Å². The molecule has 2 fully saturated rings. The number of fused-ring (bicyclic) bond motifs is 1. The third-order valence-electron chi connectivity index (χ3n) is 8.55. The molecule has 1 aromatic carbocycles. The van der Waals surface area contributed by atoms with Gasteiger partial charge >= 0.3 is 0 Å². The molecule has 37 heavy (non-hydrogen) atoms. The first-order valence-electron chi connectivity index (χ1n) is 13.1. The summed E-state index contributed by atoms with van der Waals surface area (Å²) in [6, 6.07) is 14.0. The first-order chi connectivity index (χ1) is 17.9. The van der Waals surface area contributed by atoms with E-state index in [0.717, 1.165) is 61.0 Å². The Labute approximate surface area is 216 Å². The van der Waals surface area contributed by atoms with E-state index in [-0.39, 0.29) is 23.3 Å². The Morgan fingerprint density at radius 1 is 1.14 bits per heavy atom. The largest absolute Gasteiger partial charge is 0.449 e. The highest BCUT2D eigenvalue weighted by Crippen LogP contribution is 2.59. The zero-order chi connectivity index (χ0) is 25.6. The minimum absolute atomic E-state index is 0.0388. The van der Waals surface area contributed by atoms with E-state index in [1.54, 1.807) is 18.5 Å². The number of hydrogen-bond donors (Lipinski definition) is 1. The number of piperidine rings is 1. The number of nitrogens with one attached hydrogen (secondary N) is 1. The Bertz CT molecular complexity index is 1380. The Morgan fingerprint density at radius 2 is 1.92 bits per heavy atom. The fraction of sp³-hybridized carbons (Fsp3) is 0.400. The quantitative estimate of drug-likeness (QED) is 0.541. The van der Waals surface area contributed by atoms with E-state index in [4.69, 9.17) is 9.41 Å². The minimum atomic E-state index is -0.186. The van der Waals surface area contributed by atoms with Crippen molar-refractivity contribution in [3.63, 3.8) is 0 Å². The summed E-state index contributed by atoms with van der Waals surface area (Å²) >= 11 is 0. The molecular weight excluding hydrogens is 464 g/mol. The van der Waals surface area contributed by atoms with Crippen LogP contribution in [-0.4, -0.2) is 53.1 Å². The lowest BCUT2D eigenvalue weighted by molar-refractivity contribution is -0.128. The van der Waals surface area contributed by atoms with Gasteiger partial charge in [-0.3, -0.25) is 19.6 Å². The van der Waals surface area contributed by atoms with Crippen LogP contribution in [0.5, 0.6) is 0 Å². The number of amides is 2. The van der Waals surface area contributed by atoms with Gasteiger partial charge in [0.05, 0.1) is 17.8 Å². The molecule has 0 radical (unpaired) electrons. The smallest absolute Gasteiger partial charge is 0.287 e. The maximum Gasteiger partial charge on any atom is 0.287 e. The molecule has 1 saturated carbocycles. The number of pyridine rings is 1. The van der Waals surface area contributed by atoms with E-state index in [1.165, 1.54) is 5.56 Å². The number of likely N-dealkylation sites (tertiary alicyclic amines) is 1. The molecule has 1 N–H and O–H groups in total. The van der Waals surface area contributed by atoms with Crippen LogP contribution in [0.4, 0.5) is 0 Å². The zero-order valence-electron chi connectivity index (χ0n) is 21.4. The summed E-state index contributed by atoms with van der Waals surface area (Å²) in [5, 5.41) is 3.93.